The summed E-state index contributed by atoms with van der Waals surface area (Å²) in [6.45, 7) is 8.87. The molecule has 1 amide bonds. The lowest BCUT2D eigenvalue weighted by Crippen LogP contribution is -2.56. The Kier molecular flexibility index (Phi) is 5.80. The number of benzene rings is 1. The van der Waals surface area contributed by atoms with Gasteiger partial charge in [0.05, 0.1) is 19.3 Å². The molecular weight excluding hydrogens is 280 g/mol. The Morgan fingerprint density at radius 1 is 1.32 bits per heavy atom. The standard InChI is InChI=1S/C17H26N2O3/c1-17(2,3)22-16(20)19-10-9-18-11-15(19)13-21-12-14-7-5-4-6-8-14/h4-8,15,18H,9-13H2,1-3H3. The van der Waals surface area contributed by atoms with Gasteiger partial charge >= 0.3 is 6.09 Å². The zero-order valence-electron chi connectivity index (χ0n) is 13.7. The van der Waals surface area contributed by atoms with E-state index in [2.05, 4.69) is 5.32 Å². The molecule has 0 saturated carbocycles. The first kappa shape index (κ1) is 16.8. The van der Waals surface area contributed by atoms with Gasteiger partial charge in [0, 0.05) is 19.6 Å². The SMILES string of the molecule is CC(C)(C)OC(=O)N1CCNCC1COCc1ccccc1. The van der Waals surface area contributed by atoms with E-state index in [1.807, 2.05) is 51.1 Å². The van der Waals surface area contributed by atoms with Crippen LogP contribution >= 0.6 is 0 Å². The number of carbonyl (C=O) groups excluding carboxylic acids is 1. The molecule has 1 aromatic rings. The Bertz CT molecular complexity index is 471. The van der Waals surface area contributed by atoms with Gasteiger partial charge in [-0.15, -0.1) is 0 Å². The molecule has 1 saturated heterocycles. The van der Waals surface area contributed by atoms with Gasteiger partial charge in [0.2, 0.25) is 0 Å². The number of piperazine rings is 1. The minimum atomic E-state index is -0.475. The number of nitrogens with one attached hydrogen (secondary N) is 1. The summed E-state index contributed by atoms with van der Waals surface area (Å²) in [6, 6.07) is 10.0. The molecule has 1 aliphatic heterocycles. The zero-order valence-corrected chi connectivity index (χ0v) is 13.7. The number of ether oxygens (including phenoxy) is 2. The highest BCUT2D eigenvalue weighted by molar-refractivity contribution is 5.68. The Labute approximate surface area is 132 Å². The van der Waals surface area contributed by atoms with Gasteiger partial charge in [-0.3, -0.25) is 0 Å². The fourth-order valence-corrected chi connectivity index (χ4v) is 2.36. The highest BCUT2D eigenvalue weighted by Crippen LogP contribution is 2.14. The van der Waals surface area contributed by atoms with E-state index in [1.54, 1.807) is 4.90 Å². The normalized spacial score (nSPS) is 19.0. The molecule has 5 heteroatoms. The van der Waals surface area contributed by atoms with Gasteiger partial charge in [-0.2, -0.15) is 0 Å². The van der Waals surface area contributed by atoms with E-state index in [9.17, 15) is 4.79 Å². The summed E-state index contributed by atoms with van der Waals surface area (Å²) in [4.78, 5) is 14.0. The van der Waals surface area contributed by atoms with E-state index < -0.39 is 5.60 Å². The first-order valence-corrected chi connectivity index (χ1v) is 7.78. The second-order valence-electron chi connectivity index (χ2n) is 6.53. The minimum absolute atomic E-state index is 0.00677. The van der Waals surface area contributed by atoms with Crippen molar-refractivity contribution in [2.75, 3.05) is 26.2 Å². The molecule has 0 radical (unpaired) electrons. The largest absolute Gasteiger partial charge is 0.444 e. The summed E-state index contributed by atoms with van der Waals surface area (Å²) >= 11 is 0. The molecule has 1 atom stereocenters. The Balaban J connectivity index is 1.85. The number of carbonyl (C=O) groups is 1. The average Bonchev–Trinajstić information content (AvgIpc) is 2.47. The summed E-state index contributed by atoms with van der Waals surface area (Å²) in [7, 11) is 0. The predicted octanol–water partition coefficient (Wildman–Crippen LogP) is 2.41. The molecule has 1 heterocycles. The first-order chi connectivity index (χ1) is 10.5. The molecule has 0 spiro atoms. The smallest absolute Gasteiger partial charge is 0.410 e. The van der Waals surface area contributed by atoms with Crippen LogP contribution in [0.2, 0.25) is 0 Å². The predicted molar refractivity (Wildman–Crippen MR) is 85.7 cm³/mol. The molecule has 0 bridgehead atoms. The average molecular weight is 306 g/mol. The Hall–Kier alpha value is -1.59. The minimum Gasteiger partial charge on any atom is -0.444 e. The van der Waals surface area contributed by atoms with E-state index in [0.29, 0.717) is 19.8 Å². The number of hydrogen-bond donors (Lipinski definition) is 1. The van der Waals surface area contributed by atoms with Crippen molar-refractivity contribution in [3.8, 4) is 0 Å². The van der Waals surface area contributed by atoms with Crippen LogP contribution in [0, 0.1) is 0 Å². The summed E-state index contributed by atoms with van der Waals surface area (Å²) in [5, 5.41) is 3.30. The number of nitrogens with zero attached hydrogens (tertiary/aromatic N) is 1. The van der Waals surface area contributed by atoms with Crippen LogP contribution in [0.3, 0.4) is 0 Å². The maximum atomic E-state index is 12.3. The second-order valence-corrected chi connectivity index (χ2v) is 6.53. The van der Waals surface area contributed by atoms with Gasteiger partial charge in [0.1, 0.15) is 5.60 Å². The molecule has 1 fully saturated rings. The van der Waals surface area contributed by atoms with Crippen LogP contribution < -0.4 is 5.32 Å². The summed E-state index contributed by atoms with van der Waals surface area (Å²) in [6.07, 6.45) is -0.262. The van der Waals surface area contributed by atoms with Crippen LogP contribution in [0.1, 0.15) is 26.3 Å². The van der Waals surface area contributed by atoms with Gasteiger partial charge in [0.15, 0.2) is 0 Å². The molecule has 0 aromatic heterocycles. The molecule has 2 rings (SSSR count). The fourth-order valence-electron chi connectivity index (χ4n) is 2.36. The van der Waals surface area contributed by atoms with Crippen molar-refractivity contribution in [2.45, 2.75) is 39.0 Å². The van der Waals surface area contributed by atoms with Crippen LogP contribution in [0.5, 0.6) is 0 Å². The third kappa shape index (κ3) is 5.31. The van der Waals surface area contributed by atoms with E-state index in [4.69, 9.17) is 9.47 Å². The van der Waals surface area contributed by atoms with Crippen molar-refractivity contribution in [3.63, 3.8) is 0 Å². The topological polar surface area (TPSA) is 50.8 Å². The van der Waals surface area contributed by atoms with Crippen molar-refractivity contribution in [3.05, 3.63) is 35.9 Å². The van der Waals surface area contributed by atoms with Crippen molar-refractivity contribution in [2.24, 2.45) is 0 Å². The lowest BCUT2D eigenvalue weighted by Gasteiger charge is -2.36. The summed E-state index contributed by atoms with van der Waals surface area (Å²) in [5.41, 5.74) is 0.660. The molecule has 1 aromatic carbocycles. The summed E-state index contributed by atoms with van der Waals surface area (Å²) < 4.78 is 11.3. The van der Waals surface area contributed by atoms with Gasteiger partial charge in [-0.25, -0.2) is 4.79 Å². The maximum Gasteiger partial charge on any atom is 0.410 e. The third-order valence-electron chi connectivity index (χ3n) is 3.40. The molecular formula is C17H26N2O3. The van der Waals surface area contributed by atoms with Crippen molar-refractivity contribution in [1.82, 2.24) is 10.2 Å². The van der Waals surface area contributed by atoms with Crippen LogP contribution in [0.25, 0.3) is 0 Å². The van der Waals surface area contributed by atoms with Crippen molar-refractivity contribution >= 4 is 6.09 Å². The molecule has 1 aliphatic rings. The summed E-state index contributed by atoms with van der Waals surface area (Å²) in [5.74, 6) is 0. The number of rotatable bonds is 4. The van der Waals surface area contributed by atoms with Gasteiger partial charge in [-0.05, 0) is 26.3 Å². The van der Waals surface area contributed by atoms with E-state index >= 15 is 0 Å². The van der Waals surface area contributed by atoms with Crippen LogP contribution in [0.4, 0.5) is 4.79 Å². The van der Waals surface area contributed by atoms with Gasteiger partial charge < -0.3 is 19.7 Å². The monoisotopic (exact) mass is 306 g/mol. The third-order valence-corrected chi connectivity index (χ3v) is 3.40. The molecule has 5 nitrogen and oxygen atoms in total. The van der Waals surface area contributed by atoms with Gasteiger partial charge in [-0.1, -0.05) is 30.3 Å². The maximum absolute atomic E-state index is 12.3. The molecule has 122 valence electrons. The van der Waals surface area contributed by atoms with Crippen molar-refractivity contribution < 1.29 is 14.3 Å². The van der Waals surface area contributed by atoms with Gasteiger partial charge in [0.25, 0.3) is 0 Å². The fraction of sp³-hybridized carbons (Fsp3) is 0.588. The van der Waals surface area contributed by atoms with Crippen molar-refractivity contribution in [1.29, 1.82) is 0 Å². The lowest BCUT2D eigenvalue weighted by molar-refractivity contribution is -0.00652. The molecule has 22 heavy (non-hydrogen) atoms. The number of hydrogen-bond acceptors (Lipinski definition) is 4. The lowest BCUT2D eigenvalue weighted by atomic mass is 10.2. The van der Waals surface area contributed by atoms with Crippen LogP contribution in [-0.4, -0.2) is 48.9 Å². The van der Waals surface area contributed by atoms with E-state index in [0.717, 1.165) is 18.7 Å². The zero-order chi connectivity index (χ0) is 16.0. The molecule has 1 unspecified atom stereocenters. The number of amides is 1. The second kappa shape index (κ2) is 7.61. The first-order valence-electron chi connectivity index (χ1n) is 7.78. The Morgan fingerprint density at radius 3 is 2.73 bits per heavy atom. The Morgan fingerprint density at radius 2 is 2.05 bits per heavy atom. The molecule has 1 N–H and O–H groups in total. The highest BCUT2D eigenvalue weighted by atomic mass is 16.6. The van der Waals surface area contributed by atoms with Crippen LogP contribution in [0.15, 0.2) is 30.3 Å². The quantitative estimate of drug-likeness (QED) is 0.928. The van der Waals surface area contributed by atoms with E-state index in [-0.39, 0.29) is 12.1 Å². The van der Waals surface area contributed by atoms with E-state index in [1.165, 1.54) is 0 Å². The highest BCUT2D eigenvalue weighted by Gasteiger charge is 2.30. The molecule has 0 aliphatic carbocycles. The van der Waals surface area contributed by atoms with Crippen LogP contribution in [-0.2, 0) is 16.1 Å².